The number of amides is 1. The zero-order valence-electron chi connectivity index (χ0n) is 13.4. The van der Waals surface area contributed by atoms with Crippen LogP contribution in [0.5, 0.6) is 0 Å². The van der Waals surface area contributed by atoms with Crippen LogP contribution in [-0.2, 0) is 6.42 Å². The fraction of sp³-hybridized carbons (Fsp3) is 0.333. The number of benzene rings is 1. The van der Waals surface area contributed by atoms with Crippen molar-refractivity contribution in [1.82, 2.24) is 9.88 Å². The Kier molecular flexibility index (Phi) is 4.30. The molecule has 0 aliphatic carbocycles. The molecule has 120 valence electrons. The number of aliphatic hydroxyl groups is 1. The first-order valence-corrected chi connectivity index (χ1v) is 7.75. The molecule has 1 aromatic heterocycles. The van der Waals surface area contributed by atoms with Crippen molar-refractivity contribution in [2.24, 2.45) is 0 Å². The standard InChI is InChI=1S/C18H21N3O2/c1-20(2)14-7-9-19-16(11-14)18(23)21-10-8-13-5-3-4-6-15(13)17(21)12-22/h3-7,9,11,17,22H,8,10,12H2,1-2H3/t17-/m1/s1. The second kappa shape index (κ2) is 6.38. The fourth-order valence-corrected chi connectivity index (χ4v) is 3.05. The molecule has 5 nitrogen and oxygen atoms in total. The van der Waals surface area contributed by atoms with Gasteiger partial charge in [0.25, 0.3) is 5.91 Å². The Balaban J connectivity index is 1.92. The molecule has 1 aromatic carbocycles. The van der Waals surface area contributed by atoms with Gasteiger partial charge in [-0.1, -0.05) is 24.3 Å². The predicted octanol–water partition coefficient (Wildman–Crippen LogP) is 1.88. The molecular formula is C18H21N3O2. The number of pyridine rings is 1. The lowest BCUT2D eigenvalue weighted by Crippen LogP contribution is -2.42. The first-order chi connectivity index (χ1) is 11.1. The average Bonchev–Trinajstić information content (AvgIpc) is 2.60. The Morgan fingerprint density at radius 2 is 2.13 bits per heavy atom. The first kappa shape index (κ1) is 15.5. The summed E-state index contributed by atoms with van der Waals surface area (Å²) >= 11 is 0. The van der Waals surface area contributed by atoms with Crippen molar-refractivity contribution in [2.75, 3.05) is 32.1 Å². The van der Waals surface area contributed by atoms with Crippen LogP contribution in [0.25, 0.3) is 0 Å². The van der Waals surface area contributed by atoms with E-state index in [9.17, 15) is 9.90 Å². The van der Waals surface area contributed by atoms with Gasteiger partial charge in [-0.25, -0.2) is 0 Å². The summed E-state index contributed by atoms with van der Waals surface area (Å²) in [5.41, 5.74) is 3.57. The highest BCUT2D eigenvalue weighted by Gasteiger charge is 2.31. The summed E-state index contributed by atoms with van der Waals surface area (Å²) in [6.07, 6.45) is 2.44. The highest BCUT2D eigenvalue weighted by molar-refractivity contribution is 5.93. The number of nitrogens with zero attached hydrogens (tertiary/aromatic N) is 3. The van der Waals surface area contributed by atoms with Gasteiger partial charge in [0.1, 0.15) is 5.69 Å². The fourth-order valence-electron chi connectivity index (χ4n) is 3.05. The Bertz CT molecular complexity index is 715. The number of aromatic nitrogens is 1. The smallest absolute Gasteiger partial charge is 0.273 e. The molecule has 5 heteroatoms. The SMILES string of the molecule is CN(C)c1ccnc(C(=O)N2CCc3ccccc3[C@H]2CO)c1. The molecule has 23 heavy (non-hydrogen) atoms. The summed E-state index contributed by atoms with van der Waals surface area (Å²) in [6, 6.07) is 11.3. The van der Waals surface area contributed by atoms with Crippen LogP contribution < -0.4 is 4.90 Å². The van der Waals surface area contributed by atoms with Crippen molar-refractivity contribution in [3.63, 3.8) is 0 Å². The van der Waals surface area contributed by atoms with Crippen LogP contribution in [0.1, 0.15) is 27.7 Å². The molecule has 3 rings (SSSR count). The molecule has 0 fully saturated rings. The normalized spacial score (nSPS) is 16.8. The topological polar surface area (TPSA) is 56.7 Å². The van der Waals surface area contributed by atoms with E-state index in [1.54, 1.807) is 17.2 Å². The van der Waals surface area contributed by atoms with Crippen molar-refractivity contribution in [3.8, 4) is 0 Å². The Morgan fingerprint density at radius 3 is 2.87 bits per heavy atom. The van der Waals surface area contributed by atoms with Gasteiger partial charge >= 0.3 is 0 Å². The van der Waals surface area contributed by atoms with Crippen LogP contribution in [0, 0.1) is 0 Å². The summed E-state index contributed by atoms with van der Waals surface area (Å²) in [5, 5.41) is 9.82. The van der Waals surface area contributed by atoms with Gasteiger partial charge < -0.3 is 14.9 Å². The second-order valence-corrected chi connectivity index (χ2v) is 5.94. The number of carbonyl (C=O) groups is 1. The van der Waals surface area contributed by atoms with Gasteiger partial charge in [-0.2, -0.15) is 0 Å². The molecule has 1 atom stereocenters. The monoisotopic (exact) mass is 311 g/mol. The number of rotatable bonds is 3. The number of aliphatic hydroxyl groups excluding tert-OH is 1. The minimum absolute atomic E-state index is 0.0872. The highest BCUT2D eigenvalue weighted by atomic mass is 16.3. The number of anilines is 1. The van der Waals surface area contributed by atoms with E-state index >= 15 is 0 Å². The average molecular weight is 311 g/mol. The molecule has 1 N–H and O–H groups in total. The summed E-state index contributed by atoms with van der Waals surface area (Å²) < 4.78 is 0. The molecule has 0 spiro atoms. The van der Waals surface area contributed by atoms with Crippen molar-refractivity contribution < 1.29 is 9.90 Å². The zero-order chi connectivity index (χ0) is 16.4. The molecule has 2 heterocycles. The van der Waals surface area contributed by atoms with Crippen LogP contribution >= 0.6 is 0 Å². The summed E-state index contributed by atoms with van der Waals surface area (Å²) in [7, 11) is 3.86. The molecule has 0 radical (unpaired) electrons. The van der Waals surface area contributed by atoms with E-state index in [2.05, 4.69) is 11.1 Å². The lowest BCUT2D eigenvalue weighted by molar-refractivity contribution is 0.0563. The summed E-state index contributed by atoms with van der Waals surface area (Å²) in [5.74, 6) is -0.137. The van der Waals surface area contributed by atoms with Crippen LogP contribution in [0.3, 0.4) is 0 Å². The Hall–Kier alpha value is -2.40. The highest BCUT2D eigenvalue weighted by Crippen LogP contribution is 2.30. The Morgan fingerprint density at radius 1 is 1.35 bits per heavy atom. The molecule has 0 saturated carbocycles. The second-order valence-electron chi connectivity index (χ2n) is 5.94. The van der Waals surface area contributed by atoms with Crippen LogP contribution in [0.2, 0.25) is 0 Å². The molecule has 1 amide bonds. The molecule has 1 aliphatic heterocycles. The van der Waals surface area contributed by atoms with E-state index < -0.39 is 0 Å². The number of carbonyl (C=O) groups excluding carboxylic acids is 1. The third-order valence-corrected chi connectivity index (χ3v) is 4.33. The molecule has 0 unspecified atom stereocenters. The van der Waals surface area contributed by atoms with Crippen molar-refractivity contribution in [1.29, 1.82) is 0 Å². The zero-order valence-corrected chi connectivity index (χ0v) is 13.4. The van der Waals surface area contributed by atoms with Crippen molar-refractivity contribution >= 4 is 11.6 Å². The lowest BCUT2D eigenvalue weighted by Gasteiger charge is -2.36. The summed E-state index contributed by atoms with van der Waals surface area (Å²) in [6.45, 7) is 0.505. The van der Waals surface area contributed by atoms with E-state index in [1.165, 1.54) is 5.56 Å². The number of fused-ring (bicyclic) bond motifs is 1. The van der Waals surface area contributed by atoms with Crippen LogP contribution in [0.4, 0.5) is 5.69 Å². The quantitative estimate of drug-likeness (QED) is 0.940. The van der Waals surface area contributed by atoms with E-state index in [1.807, 2.05) is 43.3 Å². The molecular weight excluding hydrogens is 290 g/mol. The van der Waals surface area contributed by atoms with Gasteiger partial charge in [0, 0.05) is 32.5 Å². The van der Waals surface area contributed by atoms with Crippen molar-refractivity contribution in [2.45, 2.75) is 12.5 Å². The lowest BCUT2D eigenvalue weighted by atomic mass is 9.92. The maximum Gasteiger partial charge on any atom is 0.273 e. The molecule has 2 aromatic rings. The molecule has 1 aliphatic rings. The van der Waals surface area contributed by atoms with Gasteiger partial charge in [0.15, 0.2) is 0 Å². The van der Waals surface area contributed by atoms with E-state index in [4.69, 9.17) is 0 Å². The van der Waals surface area contributed by atoms with E-state index in [0.717, 1.165) is 17.7 Å². The van der Waals surface area contributed by atoms with Crippen molar-refractivity contribution in [3.05, 3.63) is 59.4 Å². The van der Waals surface area contributed by atoms with E-state index in [0.29, 0.717) is 12.2 Å². The maximum atomic E-state index is 12.9. The molecule has 0 bridgehead atoms. The minimum Gasteiger partial charge on any atom is -0.394 e. The van der Waals surface area contributed by atoms with Crippen LogP contribution in [-0.4, -0.2) is 48.1 Å². The van der Waals surface area contributed by atoms with Gasteiger partial charge in [-0.05, 0) is 29.7 Å². The predicted molar refractivity (Wildman–Crippen MR) is 89.6 cm³/mol. The largest absolute Gasteiger partial charge is 0.394 e. The van der Waals surface area contributed by atoms with Gasteiger partial charge in [0.2, 0.25) is 0 Å². The number of hydrogen-bond acceptors (Lipinski definition) is 4. The van der Waals surface area contributed by atoms with Crippen LogP contribution in [0.15, 0.2) is 42.6 Å². The van der Waals surface area contributed by atoms with E-state index in [-0.39, 0.29) is 18.6 Å². The minimum atomic E-state index is -0.308. The third kappa shape index (κ3) is 2.92. The number of hydrogen-bond donors (Lipinski definition) is 1. The van der Waals surface area contributed by atoms with Gasteiger partial charge in [-0.3, -0.25) is 9.78 Å². The van der Waals surface area contributed by atoms with Gasteiger partial charge in [-0.15, -0.1) is 0 Å². The summed E-state index contributed by atoms with van der Waals surface area (Å²) in [4.78, 5) is 20.8. The van der Waals surface area contributed by atoms with Gasteiger partial charge in [0.05, 0.1) is 12.6 Å². The first-order valence-electron chi connectivity index (χ1n) is 7.75. The Labute approximate surface area is 136 Å². The molecule has 0 saturated heterocycles. The third-order valence-electron chi connectivity index (χ3n) is 4.33. The maximum absolute atomic E-state index is 12.9.